The summed E-state index contributed by atoms with van der Waals surface area (Å²) in [5.74, 6) is 0.133. The van der Waals surface area contributed by atoms with Crippen molar-refractivity contribution in [3.8, 4) is 5.69 Å². The molecule has 1 aliphatic carbocycles. The van der Waals surface area contributed by atoms with Gasteiger partial charge >= 0.3 is 6.18 Å². The first-order chi connectivity index (χ1) is 10.1. The molecule has 1 aromatic carbocycles. The van der Waals surface area contributed by atoms with Crippen molar-refractivity contribution in [2.24, 2.45) is 0 Å². The molecule has 0 aliphatic heterocycles. The minimum atomic E-state index is -4.52. The number of aromatic nitrogens is 3. The van der Waals surface area contributed by atoms with Gasteiger partial charge in [-0.1, -0.05) is 55.1 Å². The lowest BCUT2D eigenvalue weighted by atomic mass is 10.2. The van der Waals surface area contributed by atoms with E-state index >= 15 is 0 Å². The topological polar surface area (TPSA) is 30.7 Å². The van der Waals surface area contributed by atoms with Crippen LogP contribution >= 0.6 is 55.1 Å². The zero-order chi connectivity index (χ0) is 16.3. The fourth-order valence-corrected chi connectivity index (χ4v) is 3.75. The maximum atomic E-state index is 12.7. The van der Waals surface area contributed by atoms with Gasteiger partial charge in [-0.25, -0.2) is 0 Å². The van der Waals surface area contributed by atoms with Gasteiger partial charge in [0.05, 0.1) is 30.7 Å². The average Bonchev–Trinajstić information content (AvgIpc) is 2.82. The van der Waals surface area contributed by atoms with E-state index in [-0.39, 0.29) is 24.9 Å². The van der Waals surface area contributed by atoms with Gasteiger partial charge in [-0.3, -0.25) is 0 Å². The van der Waals surface area contributed by atoms with Crippen molar-refractivity contribution < 1.29 is 13.2 Å². The van der Waals surface area contributed by atoms with Crippen molar-refractivity contribution in [3.05, 3.63) is 39.6 Å². The standard InChI is InChI=1S/C12H6Br2Cl2F3N3/c13-11(14)3-6(11)9-4-20-22(21-9)10-7(15)1-5(2-8(10)16)12(17,18)19/h1-2,4,6H,3H2. The fourth-order valence-electron chi connectivity index (χ4n) is 2.00. The van der Waals surface area contributed by atoms with Crippen LogP contribution in [0.4, 0.5) is 13.2 Å². The molecule has 1 aliphatic rings. The Morgan fingerprint density at radius 3 is 2.23 bits per heavy atom. The molecular formula is C12H6Br2Cl2F3N3. The molecule has 0 radical (unpaired) electrons. The first kappa shape index (κ1) is 16.5. The van der Waals surface area contributed by atoms with Gasteiger partial charge in [-0.2, -0.15) is 23.4 Å². The van der Waals surface area contributed by atoms with Gasteiger partial charge in [0, 0.05) is 5.92 Å². The van der Waals surface area contributed by atoms with E-state index in [1.807, 2.05) is 0 Å². The van der Waals surface area contributed by atoms with Gasteiger partial charge in [0.25, 0.3) is 0 Å². The Kier molecular flexibility index (Phi) is 4.03. The summed E-state index contributed by atoms with van der Waals surface area (Å²) in [5.41, 5.74) is -0.0977. The molecule has 2 aromatic rings. The first-order valence-corrected chi connectivity index (χ1v) is 8.30. The Bertz CT molecular complexity index is 722. The predicted molar refractivity (Wildman–Crippen MR) is 84.3 cm³/mol. The highest BCUT2D eigenvalue weighted by Crippen LogP contribution is 2.61. The Balaban J connectivity index is 1.99. The Morgan fingerprint density at radius 2 is 1.77 bits per heavy atom. The fraction of sp³-hybridized carbons (Fsp3) is 0.333. The molecule has 3 nitrogen and oxygen atoms in total. The predicted octanol–water partition coefficient (Wildman–Crippen LogP) is 5.57. The molecule has 0 bridgehead atoms. The number of halogens is 7. The summed E-state index contributed by atoms with van der Waals surface area (Å²) < 4.78 is 38.0. The van der Waals surface area contributed by atoms with Crippen molar-refractivity contribution in [1.82, 2.24) is 15.0 Å². The third-order valence-corrected chi connectivity index (χ3v) is 5.57. The van der Waals surface area contributed by atoms with E-state index in [1.165, 1.54) is 0 Å². The minimum Gasteiger partial charge on any atom is -0.166 e. The van der Waals surface area contributed by atoms with Crippen molar-refractivity contribution in [2.45, 2.75) is 21.7 Å². The number of nitrogens with zero attached hydrogens (tertiary/aromatic N) is 3. The van der Waals surface area contributed by atoms with Crippen LogP contribution in [0.2, 0.25) is 10.0 Å². The molecule has 0 saturated heterocycles. The molecule has 1 fully saturated rings. The van der Waals surface area contributed by atoms with Crippen LogP contribution in [-0.2, 0) is 6.18 Å². The monoisotopic (exact) mass is 477 g/mol. The van der Waals surface area contributed by atoms with Crippen molar-refractivity contribution >= 4 is 55.1 Å². The number of alkyl halides is 5. The maximum absolute atomic E-state index is 12.7. The van der Waals surface area contributed by atoms with Gasteiger partial charge in [0.1, 0.15) is 5.69 Å². The summed E-state index contributed by atoms with van der Waals surface area (Å²) in [6.45, 7) is 0. The quantitative estimate of drug-likeness (QED) is 0.527. The van der Waals surface area contributed by atoms with E-state index in [0.717, 1.165) is 23.4 Å². The highest BCUT2D eigenvalue weighted by atomic mass is 79.9. The van der Waals surface area contributed by atoms with Crippen molar-refractivity contribution in [1.29, 1.82) is 0 Å². The van der Waals surface area contributed by atoms with Crippen LogP contribution in [0.1, 0.15) is 23.6 Å². The number of hydrogen-bond donors (Lipinski definition) is 0. The van der Waals surface area contributed by atoms with E-state index < -0.39 is 11.7 Å². The van der Waals surface area contributed by atoms with Gasteiger partial charge in [-0.15, -0.1) is 4.80 Å². The minimum absolute atomic E-state index is 0.123. The molecule has 0 spiro atoms. The average molecular weight is 480 g/mol. The third-order valence-electron chi connectivity index (χ3n) is 3.24. The van der Waals surface area contributed by atoms with Gasteiger partial charge in [0.15, 0.2) is 0 Å². The number of rotatable bonds is 2. The van der Waals surface area contributed by atoms with Gasteiger partial charge in [0.2, 0.25) is 0 Å². The lowest BCUT2D eigenvalue weighted by Crippen LogP contribution is -2.08. The Labute approximate surface area is 150 Å². The van der Waals surface area contributed by atoms with E-state index in [0.29, 0.717) is 5.69 Å². The molecule has 1 saturated carbocycles. The molecule has 22 heavy (non-hydrogen) atoms. The molecule has 0 N–H and O–H groups in total. The normalized spacial score (nSPS) is 20.2. The number of hydrogen-bond acceptors (Lipinski definition) is 2. The second-order valence-electron chi connectivity index (χ2n) is 4.86. The van der Waals surface area contributed by atoms with E-state index in [4.69, 9.17) is 23.2 Å². The smallest absolute Gasteiger partial charge is 0.166 e. The Morgan fingerprint density at radius 1 is 1.23 bits per heavy atom. The SMILES string of the molecule is FC(F)(F)c1cc(Cl)c(-n2ncc(C3CC3(Br)Br)n2)c(Cl)c1. The van der Waals surface area contributed by atoms with Crippen LogP contribution in [0, 0.1) is 0 Å². The van der Waals surface area contributed by atoms with Crippen LogP contribution in [0.5, 0.6) is 0 Å². The third kappa shape index (κ3) is 3.02. The molecule has 1 unspecified atom stereocenters. The first-order valence-electron chi connectivity index (χ1n) is 5.96. The highest BCUT2D eigenvalue weighted by Gasteiger charge is 2.52. The van der Waals surface area contributed by atoms with E-state index in [2.05, 4.69) is 42.1 Å². The molecule has 1 aromatic heterocycles. The van der Waals surface area contributed by atoms with Crippen molar-refractivity contribution in [3.63, 3.8) is 0 Å². The van der Waals surface area contributed by atoms with Gasteiger partial charge < -0.3 is 0 Å². The highest BCUT2D eigenvalue weighted by molar-refractivity contribution is 9.25. The maximum Gasteiger partial charge on any atom is 0.416 e. The van der Waals surface area contributed by atoms with Gasteiger partial charge in [-0.05, 0) is 18.6 Å². The van der Waals surface area contributed by atoms with E-state index in [1.54, 1.807) is 6.20 Å². The lowest BCUT2D eigenvalue weighted by molar-refractivity contribution is -0.137. The number of benzene rings is 1. The molecule has 3 rings (SSSR count). The summed E-state index contributed by atoms with van der Waals surface area (Å²) in [6, 6.07) is 1.62. The zero-order valence-electron chi connectivity index (χ0n) is 10.5. The van der Waals surface area contributed by atoms with Crippen LogP contribution in [0.25, 0.3) is 5.69 Å². The van der Waals surface area contributed by atoms with E-state index in [9.17, 15) is 13.2 Å². The second kappa shape index (κ2) is 5.36. The largest absolute Gasteiger partial charge is 0.416 e. The summed E-state index contributed by atoms with van der Waals surface area (Å²) in [4.78, 5) is 1.15. The van der Waals surface area contributed by atoms with Crippen LogP contribution in [0.3, 0.4) is 0 Å². The molecular weight excluding hydrogens is 474 g/mol. The molecule has 118 valence electrons. The van der Waals surface area contributed by atoms with Crippen molar-refractivity contribution in [2.75, 3.05) is 0 Å². The summed E-state index contributed by atoms with van der Waals surface area (Å²) >= 11 is 18.8. The van der Waals surface area contributed by atoms with Crippen LogP contribution in [-0.4, -0.2) is 18.2 Å². The lowest BCUT2D eigenvalue weighted by Gasteiger charge is -2.11. The molecule has 0 amide bonds. The second-order valence-corrected chi connectivity index (χ2v) is 9.57. The molecule has 1 heterocycles. The molecule has 10 heteroatoms. The summed E-state index contributed by atoms with van der Waals surface area (Å²) in [7, 11) is 0. The summed E-state index contributed by atoms with van der Waals surface area (Å²) in [6.07, 6.45) is -2.15. The zero-order valence-corrected chi connectivity index (χ0v) is 15.2. The Hall–Kier alpha value is -0.310. The van der Waals surface area contributed by atoms with Crippen LogP contribution in [0.15, 0.2) is 18.3 Å². The molecule has 1 atom stereocenters. The summed E-state index contributed by atoms with van der Waals surface area (Å²) in [5, 5.41) is 7.96. The van der Waals surface area contributed by atoms with Crippen LogP contribution < -0.4 is 0 Å².